The molecule has 1 aliphatic heterocycles. The van der Waals surface area contributed by atoms with Crippen LogP contribution < -0.4 is 5.32 Å². The lowest BCUT2D eigenvalue weighted by Crippen LogP contribution is -2.35. The fourth-order valence-electron chi connectivity index (χ4n) is 3.18. The number of hydrogen-bond acceptors (Lipinski definition) is 7. The van der Waals surface area contributed by atoms with Gasteiger partial charge in [-0.3, -0.25) is 10.1 Å². The summed E-state index contributed by atoms with van der Waals surface area (Å²) < 4.78 is 70.2. The van der Waals surface area contributed by atoms with E-state index in [1.807, 2.05) is 0 Å². The first-order valence-electron chi connectivity index (χ1n) is 9.56. The van der Waals surface area contributed by atoms with Gasteiger partial charge in [-0.15, -0.1) is 16.4 Å². The molecule has 8 nitrogen and oxygen atoms in total. The summed E-state index contributed by atoms with van der Waals surface area (Å²) in [5.41, 5.74) is -0.570. The average molecular weight is 486 g/mol. The van der Waals surface area contributed by atoms with Crippen LogP contribution in [0.4, 0.5) is 19.2 Å². The number of piperidine rings is 1. The third kappa shape index (κ3) is 4.69. The number of rotatable bonds is 5. The van der Waals surface area contributed by atoms with Crippen LogP contribution in [0.15, 0.2) is 45.0 Å². The number of benzene rings is 1. The number of aromatic nitrogens is 2. The number of nitrogens with zero attached hydrogens (tertiary/aromatic N) is 3. The van der Waals surface area contributed by atoms with E-state index in [4.69, 9.17) is 4.42 Å². The number of halogens is 3. The van der Waals surface area contributed by atoms with Gasteiger partial charge in [0, 0.05) is 24.0 Å². The highest BCUT2D eigenvalue weighted by Gasteiger charge is 2.30. The summed E-state index contributed by atoms with van der Waals surface area (Å²) in [6.07, 6.45) is -1.88. The van der Waals surface area contributed by atoms with Crippen LogP contribution in [0.5, 0.6) is 0 Å². The largest absolute Gasteiger partial charge is 0.416 e. The second-order valence-electron chi connectivity index (χ2n) is 7.05. The molecule has 2 aromatic heterocycles. The topological polar surface area (TPSA) is 105 Å². The van der Waals surface area contributed by atoms with Gasteiger partial charge < -0.3 is 4.42 Å². The van der Waals surface area contributed by atoms with E-state index in [-0.39, 0.29) is 27.2 Å². The minimum absolute atomic E-state index is 0.0468. The van der Waals surface area contributed by atoms with Gasteiger partial charge in [0.05, 0.1) is 15.3 Å². The lowest BCUT2D eigenvalue weighted by atomic mass is 10.1. The molecule has 0 spiro atoms. The number of sulfonamides is 1. The predicted octanol–water partition coefficient (Wildman–Crippen LogP) is 4.24. The maximum absolute atomic E-state index is 12.7. The highest BCUT2D eigenvalue weighted by atomic mass is 32.2. The van der Waals surface area contributed by atoms with Crippen molar-refractivity contribution in [2.45, 2.75) is 30.3 Å². The number of hydrogen-bond donors (Lipinski definition) is 1. The van der Waals surface area contributed by atoms with Crippen LogP contribution in [0.1, 0.15) is 34.5 Å². The quantitative estimate of drug-likeness (QED) is 0.578. The SMILES string of the molecule is O=C(Nc1nnc(-c2ccc(C(F)(F)F)cc2)o1)c1cc(S(=O)(=O)N2CCCCC2)cs1. The van der Waals surface area contributed by atoms with Crippen molar-refractivity contribution in [1.29, 1.82) is 0 Å². The van der Waals surface area contributed by atoms with Crippen molar-refractivity contribution in [3.8, 4) is 11.5 Å². The van der Waals surface area contributed by atoms with Gasteiger partial charge in [-0.1, -0.05) is 11.5 Å². The van der Waals surface area contributed by atoms with Gasteiger partial charge in [-0.05, 0) is 43.2 Å². The van der Waals surface area contributed by atoms with Gasteiger partial charge in [-0.25, -0.2) is 8.42 Å². The average Bonchev–Trinajstić information content (AvgIpc) is 3.44. The predicted molar refractivity (Wildman–Crippen MR) is 110 cm³/mol. The molecule has 32 heavy (non-hydrogen) atoms. The van der Waals surface area contributed by atoms with Gasteiger partial charge in [-0.2, -0.15) is 17.5 Å². The molecule has 0 aliphatic carbocycles. The molecule has 1 fully saturated rings. The molecule has 1 aromatic carbocycles. The van der Waals surface area contributed by atoms with Gasteiger partial charge >= 0.3 is 12.2 Å². The smallest absolute Gasteiger partial charge is 0.403 e. The molecular weight excluding hydrogens is 469 g/mol. The Hall–Kier alpha value is -2.77. The van der Waals surface area contributed by atoms with Crippen molar-refractivity contribution in [1.82, 2.24) is 14.5 Å². The number of amides is 1. The van der Waals surface area contributed by atoms with E-state index < -0.39 is 27.7 Å². The zero-order valence-corrected chi connectivity index (χ0v) is 18.1. The highest BCUT2D eigenvalue weighted by Crippen LogP contribution is 2.31. The summed E-state index contributed by atoms with van der Waals surface area (Å²) in [5.74, 6) is -0.716. The van der Waals surface area contributed by atoms with Crippen molar-refractivity contribution in [2.75, 3.05) is 18.4 Å². The van der Waals surface area contributed by atoms with Crippen LogP contribution >= 0.6 is 11.3 Å². The third-order valence-electron chi connectivity index (χ3n) is 4.86. The summed E-state index contributed by atoms with van der Waals surface area (Å²) in [4.78, 5) is 12.7. The number of alkyl halides is 3. The first-order valence-corrected chi connectivity index (χ1v) is 11.9. The number of carbonyl (C=O) groups is 1. The van der Waals surface area contributed by atoms with Gasteiger partial charge in [0.1, 0.15) is 0 Å². The number of thiophene rings is 1. The summed E-state index contributed by atoms with van der Waals surface area (Å²) in [5, 5.41) is 11.2. The minimum Gasteiger partial charge on any atom is -0.403 e. The molecule has 0 atom stereocenters. The molecule has 1 aliphatic rings. The van der Waals surface area contributed by atoms with E-state index in [1.54, 1.807) is 0 Å². The molecule has 0 bridgehead atoms. The number of anilines is 1. The van der Waals surface area contributed by atoms with Crippen molar-refractivity contribution in [3.63, 3.8) is 0 Å². The first-order chi connectivity index (χ1) is 15.1. The van der Waals surface area contributed by atoms with Crippen LogP contribution in [0.3, 0.4) is 0 Å². The molecule has 3 aromatic rings. The molecule has 1 saturated heterocycles. The van der Waals surface area contributed by atoms with E-state index in [0.717, 1.165) is 42.7 Å². The van der Waals surface area contributed by atoms with Crippen LogP contribution in [0.25, 0.3) is 11.5 Å². The summed E-state index contributed by atoms with van der Waals surface area (Å²) in [6.45, 7) is 0.906. The van der Waals surface area contributed by atoms with Crippen molar-refractivity contribution in [2.24, 2.45) is 0 Å². The molecule has 0 unspecified atom stereocenters. The molecule has 0 saturated carbocycles. The first kappa shape index (κ1) is 22.4. The normalized spacial score (nSPS) is 15.6. The lowest BCUT2D eigenvalue weighted by Gasteiger charge is -2.25. The highest BCUT2D eigenvalue weighted by molar-refractivity contribution is 7.89. The number of nitrogens with one attached hydrogen (secondary N) is 1. The van der Waals surface area contributed by atoms with E-state index in [0.29, 0.717) is 13.1 Å². The summed E-state index contributed by atoms with van der Waals surface area (Å²) in [6, 6.07) is 5.15. The standard InChI is InChI=1S/C19H17F3N4O4S2/c20-19(21,22)13-6-4-12(5-7-13)17-24-25-18(30-17)23-16(27)15-10-14(11-31-15)32(28,29)26-8-2-1-3-9-26/h4-7,10-11H,1-3,8-9H2,(H,23,25,27). The molecular formula is C19H17F3N4O4S2. The molecule has 4 rings (SSSR count). The summed E-state index contributed by atoms with van der Waals surface area (Å²) >= 11 is 0.961. The fraction of sp³-hybridized carbons (Fsp3) is 0.316. The number of carbonyl (C=O) groups excluding carboxylic acids is 1. The van der Waals surface area contributed by atoms with Crippen LogP contribution in [-0.2, 0) is 16.2 Å². The third-order valence-corrected chi connectivity index (χ3v) is 7.81. The fourth-order valence-corrected chi connectivity index (χ4v) is 5.85. The van der Waals surface area contributed by atoms with Crippen molar-refractivity contribution in [3.05, 3.63) is 46.2 Å². The molecule has 1 N–H and O–H groups in total. The van der Waals surface area contributed by atoms with E-state index >= 15 is 0 Å². The Morgan fingerprint density at radius 2 is 1.78 bits per heavy atom. The van der Waals surface area contributed by atoms with Crippen LogP contribution in [-0.4, -0.2) is 41.9 Å². The maximum Gasteiger partial charge on any atom is 0.416 e. The molecule has 3 heterocycles. The Kier molecular flexibility index (Phi) is 6.05. The zero-order chi connectivity index (χ0) is 22.9. The zero-order valence-electron chi connectivity index (χ0n) is 16.4. The Bertz CT molecular complexity index is 1210. The van der Waals surface area contributed by atoms with Gasteiger partial charge in [0.25, 0.3) is 5.91 Å². The Balaban J connectivity index is 1.45. The van der Waals surface area contributed by atoms with E-state index in [2.05, 4.69) is 15.5 Å². The Labute approximate surface area is 185 Å². The van der Waals surface area contributed by atoms with Crippen molar-refractivity contribution >= 4 is 33.3 Å². The van der Waals surface area contributed by atoms with Gasteiger partial charge in [0.15, 0.2) is 0 Å². The van der Waals surface area contributed by atoms with Crippen LogP contribution in [0, 0.1) is 0 Å². The second-order valence-corrected chi connectivity index (χ2v) is 9.90. The van der Waals surface area contributed by atoms with Crippen LogP contribution in [0.2, 0.25) is 0 Å². The molecule has 170 valence electrons. The van der Waals surface area contributed by atoms with E-state index in [1.165, 1.54) is 27.9 Å². The maximum atomic E-state index is 12.7. The van der Waals surface area contributed by atoms with Gasteiger partial charge in [0.2, 0.25) is 15.9 Å². The monoisotopic (exact) mass is 486 g/mol. The lowest BCUT2D eigenvalue weighted by molar-refractivity contribution is -0.137. The minimum atomic E-state index is -4.46. The Morgan fingerprint density at radius 1 is 1.09 bits per heavy atom. The second kappa shape index (κ2) is 8.64. The molecule has 0 radical (unpaired) electrons. The summed E-state index contributed by atoms with van der Waals surface area (Å²) in [7, 11) is -3.66. The molecule has 13 heteroatoms. The Morgan fingerprint density at radius 3 is 2.44 bits per heavy atom. The van der Waals surface area contributed by atoms with E-state index in [9.17, 15) is 26.4 Å². The van der Waals surface area contributed by atoms with Crippen molar-refractivity contribution < 1.29 is 30.8 Å². The molecule has 1 amide bonds.